The molecule has 0 fully saturated rings. The molecule has 0 spiro atoms. The summed E-state index contributed by atoms with van der Waals surface area (Å²) in [5, 5.41) is 0. The summed E-state index contributed by atoms with van der Waals surface area (Å²) in [5.74, 6) is 0.532. The number of Topliss-reactive ketones (excluding diaryl/α,β-unsaturated/α-hetero) is 1. The molecule has 2 aromatic carbocycles. The molecule has 2 rings (SSSR count). The number of ketones is 1. The molecular formula is C19H23NO. The van der Waals surface area contributed by atoms with Crippen molar-refractivity contribution in [3.05, 3.63) is 71.3 Å². The van der Waals surface area contributed by atoms with E-state index in [2.05, 4.69) is 26.0 Å². The maximum Gasteiger partial charge on any atom is 0.161 e. The first-order chi connectivity index (χ1) is 9.91. The van der Waals surface area contributed by atoms with Gasteiger partial charge in [0.05, 0.1) is 5.54 Å². The number of nitrogens with two attached hydrogens (primary N) is 1. The van der Waals surface area contributed by atoms with Gasteiger partial charge in [0.15, 0.2) is 5.78 Å². The molecule has 2 N–H and O–H groups in total. The van der Waals surface area contributed by atoms with E-state index in [1.54, 1.807) is 6.92 Å². The van der Waals surface area contributed by atoms with Gasteiger partial charge in [-0.1, -0.05) is 68.4 Å². The molecule has 0 bridgehead atoms. The number of carbonyl (C=O) groups is 1. The minimum absolute atomic E-state index is 0.0333. The summed E-state index contributed by atoms with van der Waals surface area (Å²) in [6.45, 7) is 6.10. The zero-order valence-corrected chi connectivity index (χ0v) is 13.0. The molecule has 0 aliphatic heterocycles. The summed E-state index contributed by atoms with van der Waals surface area (Å²) in [7, 11) is 0. The quantitative estimate of drug-likeness (QED) is 0.906. The molecular weight excluding hydrogens is 258 g/mol. The van der Waals surface area contributed by atoms with Gasteiger partial charge in [-0.05, 0) is 29.5 Å². The Morgan fingerprint density at radius 1 is 1.05 bits per heavy atom. The van der Waals surface area contributed by atoms with Crippen LogP contribution in [-0.4, -0.2) is 5.78 Å². The fourth-order valence-corrected chi connectivity index (χ4v) is 2.33. The van der Waals surface area contributed by atoms with Crippen molar-refractivity contribution in [3.8, 4) is 0 Å². The van der Waals surface area contributed by atoms with E-state index in [4.69, 9.17) is 5.73 Å². The van der Waals surface area contributed by atoms with Crippen molar-refractivity contribution in [3.63, 3.8) is 0 Å². The van der Waals surface area contributed by atoms with Gasteiger partial charge in [0, 0.05) is 6.42 Å². The molecule has 21 heavy (non-hydrogen) atoms. The van der Waals surface area contributed by atoms with Crippen LogP contribution in [0.1, 0.15) is 43.4 Å². The van der Waals surface area contributed by atoms with Crippen LogP contribution < -0.4 is 5.73 Å². The highest BCUT2D eigenvalue weighted by Gasteiger charge is 2.29. The highest BCUT2D eigenvalue weighted by Crippen LogP contribution is 2.21. The highest BCUT2D eigenvalue weighted by molar-refractivity contribution is 5.90. The van der Waals surface area contributed by atoms with Gasteiger partial charge in [-0.25, -0.2) is 0 Å². The third-order valence-corrected chi connectivity index (χ3v) is 3.96. The van der Waals surface area contributed by atoms with Crippen LogP contribution >= 0.6 is 0 Å². The molecule has 2 nitrogen and oxygen atoms in total. The van der Waals surface area contributed by atoms with Gasteiger partial charge in [0.1, 0.15) is 0 Å². The third kappa shape index (κ3) is 3.59. The SMILES string of the molecule is CC(C)c1ccc(CC(=O)C(C)(N)c2ccccc2)cc1. The molecule has 0 heterocycles. The first-order valence-electron chi connectivity index (χ1n) is 7.38. The van der Waals surface area contributed by atoms with Crippen LogP contribution in [0, 0.1) is 0 Å². The average Bonchev–Trinajstić information content (AvgIpc) is 2.48. The minimum Gasteiger partial charge on any atom is -0.315 e. The van der Waals surface area contributed by atoms with Gasteiger partial charge >= 0.3 is 0 Å². The number of hydrogen-bond donors (Lipinski definition) is 1. The number of carbonyl (C=O) groups excluding carboxylic acids is 1. The Bertz CT molecular complexity index is 597. The van der Waals surface area contributed by atoms with Crippen LogP contribution in [0.2, 0.25) is 0 Å². The van der Waals surface area contributed by atoms with Crippen LogP contribution in [0.5, 0.6) is 0 Å². The second kappa shape index (κ2) is 6.23. The molecule has 1 unspecified atom stereocenters. The lowest BCUT2D eigenvalue weighted by Crippen LogP contribution is -2.42. The average molecular weight is 281 g/mol. The molecule has 1 atom stereocenters. The summed E-state index contributed by atoms with van der Waals surface area (Å²) in [4.78, 5) is 12.5. The maximum absolute atomic E-state index is 12.5. The number of rotatable bonds is 5. The Kier molecular flexibility index (Phi) is 4.59. The van der Waals surface area contributed by atoms with Crippen LogP contribution in [0.25, 0.3) is 0 Å². The summed E-state index contributed by atoms with van der Waals surface area (Å²) in [5.41, 5.74) is 8.46. The standard InChI is InChI=1S/C19H23NO/c1-14(2)16-11-9-15(10-12-16)13-18(21)19(3,20)17-7-5-4-6-8-17/h4-12,14H,13,20H2,1-3H3. The first-order valence-corrected chi connectivity index (χ1v) is 7.38. The molecule has 2 aromatic rings. The lowest BCUT2D eigenvalue weighted by molar-refractivity contribution is -0.123. The molecule has 110 valence electrons. The largest absolute Gasteiger partial charge is 0.315 e. The third-order valence-electron chi connectivity index (χ3n) is 3.96. The van der Waals surface area contributed by atoms with Crippen molar-refractivity contribution < 1.29 is 4.79 Å². The molecule has 0 amide bonds. The van der Waals surface area contributed by atoms with Gasteiger partial charge in [-0.15, -0.1) is 0 Å². The monoisotopic (exact) mass is 281 g/mol. The second-order valence-electron chi connectivity index (χ2n) is 6.06. The van der Waals surface area contributed by atoms with E-state index >= 15 is 0 Å². The normalized spacial score (nSPS) is 14.0. The number of hydrogen-bond acceptors (Lipinski definition) is 2. The number of benzene rings is 2. The van der Waals surface area contributed by atoms with Gasteiger partial charge in [0.25, 0.3) is 0 Å². The topological polar surface area (TPSA) is 43.1 Å². The molecule has 0 saturated carbocycles. The summed E-state index contributed by atoms with van der Waals surface area (Å²) >= 11 is 0. The van der Waals surface area contributed by atoms with Gasteiger partial charge in [-0.2, -0.15) is 0 Å². The molecule has 2 heteroatoms. The van der Waals surface area contributed by atoms with Crippen molar-refractivity contribution in [1.82, 2.24) is 0 Å². The van der Waals surface area contributed by atoms with Crippen molar-refractivity contribution in [1.29, 1.82) is 0 Å². The second-order valence-corrected chi connectivity index (χ2v) is 6.06. The Labute approximate surface area is 127 Å². The van der Waals surface area contributed by atoms with Crippen LogP contribution in [0.3, 0.4) is 0 Å². The molecule has 0 aromatic heterocycles. The highest BCUT2D eigenvalue weighted by atomic mass is 16.1. The van der Waals surface area contributed by atoms with E-state index in [1.165, 1.54) is 5.56 Å². The van der Waals surface area contributed by atoms with E-state index in [-0.39, 0.29) is 5.78 Å². The van der Waals surface area contributed by atoms with Gasteiger partial charge < -0.3 is 5.73 Å². The van der Waals surface area contributed by atoms with Gasteiger partial charge in [-0.3, -0.25) is 4.79 Å². The van der Waals surface area contributed by atoms with E-state index < -0.39 is 5.54 Å². The van der Waals surface area contributed by atoms with Crippen molar-refractivity contribution in [2.24, 2.45) is 5.73 Å². The fourth-order valence-electron chi connectivity index (χ4n) is 2.33. The van der Waals surface area contributed by atoms with Crippen LogP contribution in [0.4, 0.5) is 0 Å². The van der Waals surface area contributed by atoms with Gasteiger partial charge in [0.2, 0.25) is 0 Å². The van der Waals surface area contributed by atoms with E-state index in [0.29, 0.717) is 12.3 Å². The smallest absolute Gasteiger partial charge is 0.161 e. The zero-order chi connectivity index (χ0) is 15.5. The van der Waals surface area contributed by atoms with Crippen LogP contribution in [-0.2, 0) is 16.8 Å². The summed E-state index contributed by atoms with van der Waals surface area (Å²) < 4.78 is 0. The van der Waals surface area contributed by atoms with E-state index in [1.807, 2.05) is 42.5 Å². The zero-order valence-electron chi connectivity index (χ0n) is 13.0. The Morgan fingerprint density at radius 3 is 2.14 bits per heavy atom. The molecule has 0 aliphatic carbocycles. The minimum atomic E-state index is -0.946. The summed E-state index contributed by atoms with van der Waals surface area (Å²) in [6, 6.07) is 17.8. The molecule has 0 aliphatic rings. The predicted molar refractivity (Wildman–Crippen MR) is 87.2 cm³/mol. The maximum atomic E-state index is 12.5. The van der Waals surface area contributed by atoms with Crippen LogP contribution in [0.15, 0.2) is 54.6 Å². The first kappa shape index (κ1) is 15.5. The van der Waals surface area contributed by atoms with E-state index in [0.717, 1.165) is 11.1 Å². The lowest BCUT2D eigenvalue weighted by Gasteiger charge is -2.23. The van der Waals surface area contributed by atoms with Crippen molar-refractivity contribution in [2.75, 3.05) is 0 Å². The Hall–Kier alpha value is -1.93. The summed E-state index contributed by atoms with van der Waals surface area (Å²) in [6.07, 6.45) is 0.361. The predicted octanol–water partition coefficient (Wildman–Crippen LogP) is 3.80. The Balaban J connectivity index is 2.14. The molecule has 0 radical (unpaired) electrons. The Morgan fingerprint density at radius 2 is 1.62 bits per heavy atom. The van der Waals surface area contributed by atoms with Crippen molar-refractivity contribution in [2.45, 2.75) is 38.6 Å². The van der Waals surface area contributed by atoms with E-state index in [9.17, 15) is 4.79 Å². The van der Waals surface area contributed by atoms with Crippen molar-refractivity contribution >= 4 is 5.78 Å². The fraction of sp³-hybridized carbons (Fsp3) is 0.316. The molecule has 0 saturated heterocycles. The lowest BCUT2D eigenvalue weighted by atomic mass is 9.85.